The molecule has 2 aromatic rings. The van der Waals surface area contributed by atoms with Gasteiger partial charge in [-0.15, -0.1) is 0 Å². The van der Waals surface area contributed by atoms with Gasteiger partial charge in [-0.3, -0.25) is 11.1 Å². The molecular weight excluding hydrogens is 292 g/mol. The first-order chi connectivity index (χ1) is 11.2. The lowest BCUT2D eigenvalue weighted by atomic mass is 10.2. The van der Waals surface area contributed by atoms with Crippen molar-refractivity contribution in [3.8, 4) is 17.2 Å². The minimum absolute atomic E-state index is 0.160. The third-order valence-corrected chi connectivity index (χ3v) is 3.51. The summed E-state index contributed by atoms with van der Waals surface area (Å²) in [4.78, 5) is 0. The predicted molar refractivity (Wildman–Crippen MR) is 88.5 cm³/mol. The Morgan fingerprint density at radius 2 is 1.87 bits per heavy atom. The quantitative estimate of drug-likeness (QED) is 0.633. The van der Waals surface area contributed by atoms with Crippen molar-refractivity contribution < 1.29 is 14.2 Å². The Labute approximate surface area is 135 Å². The Morgan fingerprint density at radius 3 is 2.61 bits per heavy atom. The van der Waals surface area contributed by atoms with Crippen molar-refractivity contribution >= 4 is 0 Å². The fraction of sp³-hybridized carbons (Fsp3) is 0.222. The van der Waals surface area contributed by atoms with E-state index in [1.165, 1.54) is 6.08 Å². The summed E-state index contributed by atoms with van der Waals surface area (Å²) in [6.45, 7) is 4.65. The second-order valence-electron chi connectivity index (χ2n) is 5.29. The molecule has 2 aromatic carbocycles. The summed E-state index contributed by atoms with van der Waals surface area (Å²) < 4.78 is 17.3. The largest absolute Gasteiger partial charge is 0.486 e. The normalized spacial score (nSPS) is 18.7. The molecule has 0 radical (unpaired) electrons. The molecule has 5 heteroatoms. The lowest BCUT2D eigenvalue weighted by molar-refractivity contribution is 0.0465. The molecule has 1 aliphatic rings. The van der Waals surface area contributed by atoms with Gasteiger partial charge in [-0.1, -0.05) is 36.9 Å². The molecule has 2 atom stereocenters. The van der Waals surface area contributed by atoms with Crippen LogP contribution in [0.2, 0.25) is 0 Å². The Hall–Kier alpha value is -2.50. The molecule has 1 aliphatic heterocycles. The Morgan fingerprint density at radius 1 is 1.17 bits per heavy atom. The summed E-state index contributed by atoms with van der Waals surface area (Å²) in [6, 6.07) is 16.9. The van der Waals surface area contributed by atoms with Gasteiger partial charge in [-0.25, -0.2) is 0 Å². The van der Waals surface area contributed by atoms with Gasteiger partial charge in [0.2, 0.25) is 5.85 Å². The fourth-order valence-electron chi connectivity index (χ4n) is 2.27. The number of nitrogens with two attached hydrogens (primary N) is 1. The van der Waals surface area contributed by atoms with E-state index in [-0.39, 0.29) is 6.10 Å². The number of benzene rings is 2. The van der Waals surface area contributed by atoms with E-state index in [2.05, 4.69) is 11.9 Å². The van der Waals surface area contributed by atoms with Crippen LogP contribution in [0, 0.1) is 0 Å². The molecule has 0 amide bonds. The average Bonchev–Trinajstić information content (AvgIpc) is 2.61. The molecule has 0 aliphatic carbocycles. The van der Waals surface area contributed by atoms with Crippen LogP contribution < -0.4 is 25.3 Å². The van der Waals surface area contributed by atoms with Gasteiger partial charge in [0.05, 0.1) is 0 Å². The molecule has 23 heavy (non-hydrogen) atoms. The van der Waals surface area contributed by atoms with Gasteiger partial charge < -0.3 is 14.2 Å². The van der Waals surface area contributed by atoms with Crippen molar-refractivity contribution in [3.63, 3.8) is 0 Å². The Bertz CT molecular complexity index is 662. The molecule has 5 nitrogen and oxygen atoms in total. The van der Waals surface area contributed by atoms with E-state index in [4.69, 9.17) is 19.9 Å². The van der Waals surface area contributed by atoms with Crippen molar-refractivity contribution in [2.24, 2.45) is 5.73 Å². The van der Waals surface area contributed by atoms with E-state index in [0.717, 1.165) is 11.5 Å². The molecule has 1 heterocycles. The maximum atomic E-state index is 6.19. The second-order valence-corrected chi connectivity index (χ2v) is 5.29. The minimum Gasteiger partial charge on any atom is -0.486 e. The zero-order valence-electron chi connectivity index (χ0n) is 12.8. The van der Waals surface area contributed by atoms with Crippen LogP contribution in [-0.2, 0) is 0 Å². The number of ether oxygens (including phenoxy) is 3. The maximum absolute atomic E-state index is 6.19. The third kappa shape index (κ3) is 3.83. The van der Waals surface area contributed by atoms with Crippen molar-refractivity contribution in [1.29, 1.82) is 0 Å². The van der Waals surface area contributed by atoms with Gasteiger partial charge >= 0.3 is 0 Å². The lowest BCUT2D eigenvalue weighted by Crippen LogP contribution is -2.59. The van der Waals surface area contributed by atoms with E-state index >= 15 is 0 Å². The molecule has 0 aromatic heterocycles. The summed E-state index contributed by atoms with van der Waals surface area (Å²) in [5, 5.41) is 3.13. The van der Waals surface area contributed by atoms with Crippen LogP contribution in [0.5, 0.6) is 17.2 Å². The highest BCUT2D eigenvalue weighted by Crippen LogP contribution is 2.30. The monoisotopic (exact) mass is 312 g/mol. The molecule has 2 unspecified atom stereocenters. The maximum Gasteiger partial charge on any atom is 0.235 e. The van der Waals surface area contributed by atoms with Crippen LogP contribution in [0.15, 0.2) is 67.3 Å². The molecule has 0 saturated carbocycles. The summed E-state index contributed by atoms with van der Waals surface area (Å²) in [5.74, 6) is 0.970. The number of hydrogen-bond acceptors (Lipinski definition) is 5. The van der Waals surface area contributed by atoms with E-state index in [1.54, 1.807) is 0 Å². The number of nitrogens with one attached hydrogen (secondary N) is 1. The highest BCUT2D eigenvalue weighted by molar-refractivity contribution is 5.40. The molecule has 0 saturated heterocycles. The SMILES string of the molecule is C=CC(N)(NCC1COc2ccccc2O1)Oc1ccccc1. The van der Waals surface area contributed by atoms with Gasteiger partial charge in [0.25, 0.3) is 0 Å². The molecule has 3 N–H and O–H groups in total. The average molecular weight is 312 g/mol. The molecule has 3 rings (SSSR count). The highest BCUT2D eigenvalue weighted by atomic mass is 16.6. The highest BCUT2D eigenvalue weighted by Gasteiger charge is 2.27. The molecule has 0 bridgehead atoms. The number of rotatable bonds is 6. The van der Waals surface area contributed by atoms with Crippen molar-refractivity contribution in [1.82, 2.24) is 5.32 Å². The van der Waals surface area contributed by atoms with Crippen LogP contribution in [-0.4, -0.2) is 25.1 Å². The topological polar surface area (TPSA) is 65.7 Å². The zero-order valence-corrected chi connectivity index (χ0v) is 12.8. The van der Waals surface area contributed by atoms with Gasteiger partial charge in [0, 0.05) is 6.54 Å². The standard InChI is InChI=1S/C18H20N2O3/c1-2-18(19,23-14-8-4-3-5-9-14)20-12-15-13-21-16-10-6-7-11-17(16)22-15/h2-11,15,20H,1,12-13,19H2. The summed E-state index contributed by atoms with van der Waals surface area (Å²) in [5.41, 5.74) is 6.19. The predicted octanol–water partition coefficient (Wildman–Crippen LogP) is 2.29. The van der Waals surface area contributed by atoms with E-state index in [1.807, 2.05) is 54.6 Å². The first kappa shape index (κ1) is 15.4. The first-order valence-corrected chi connectivity index (χ1v) is 7.48. The van der Waals surface area contributed by atoms with E-state index in [9.17, 15) is 0 Å². The van der Waals surface area contributed by atoms with Crippen LogP contribution >= 0.6 is 0 Å². The number of hydrogen-bond donors (Lipinski definition) is 2. The van der Waals surface area contributed by atoms with Crippen molar-refractivity contribution in [2.75, 3.05) is 13.2 Å². The van der Waals surface area contributed by atoms with Gasteiger partial charge in [-0.2, -0.15) is 0 Å². The third-order valence-electron chi connectivity index (χ3n) is 3.51. The first-order valence-electron chi connectivity index (χ1n) is 7.48. The smallest absolute Gasteiger partial charge is 0.235 e. The fourth-order valence-corrected chi connectivity index (χ4v) is 2.27. The number of fused-ring (bicyclic) bond motifs is 1. The van der Waals surface area contributed by atoms with Gasteiger partial charge in [-0.05, 0) is 30.3 Å². The molecule has 0 fully saturated rings. The summed E-state index contributed by atoms with van der Waals surface area (Å²) in [6.07, 6.45) is 1.37. The molecular formula is C18H20N2O3. The van der Waals surface area contributed by atoms with Crippen LogP contribution in [0.3, 0.4) is 0 Å². The van der Waals surface area contributed by atoms with Crippen LogP contribution in [0.4, 0.5) is 0 Å². The van der Waals surface area contributed by atoms with Crippen molar-refractivity contribution in [2.45, 2.75) is 12.0 Å². The van der Waals surface area contributed by atoms with Crippen LogP contribution in [0.1, 0.15) is 0 Å². The van der Waals surface area contributed by atoms with E-state index in [0.29, 0.717) is 18.9 Å². The van der Waals surface area contributed by atoms with Gasteiger partial charge in [0.15, 0.2) is 11.5 Å². The lowest BCUT2D eigenvalue weighted by Gasteiger charge is -2.32. The van der Waals surface area contributed by atoms with Crippen LogP contribution in [0.25, 0.3) is 0 Å². The Balaban J connectivity index is 1.59. The summed E-state index contributed by atoms with van der Waals surface area (Å²) >= 11 is 0. The van der Waals surface area contributed by atoms with Crippen molar-refractivity contribution in [3.05, 3.63) is 67.3 Å². The van der Waals surface area contributed by atoms with Gasteiger partial charge in [0.1, 0.15) is 18.5 Å². The minimum atomic E-state index is -1.18. The number of para-hydroxylation sites is 3. The second kappa shape index (κ2) is 6.73. The zero-order chi connectivity index (χ0) is 16.1. The molecule has 0 spiro atoms. The van der Waals surface area contributed by atoms with E-state index < -0.39 is 5.85 Å². The molecule has 120 valence electrons. The Kier molecular flexibility index (Phi) is 4.50. The summed E-state index contributed by atoms with van der Waals surface area (Å²) in [7, 11) is 0.